The van der Waals surface area contributed by atoms with Gasteiger partial charge in [-0.15, -0.1) is 0 Å². The monoisotopic (exact) mass is 346 g/mol. The SMILES string of the molecule is CCN(C[C@@H]1COc2ccccc2O1)C(=S)N[C@@H]1C[C@H]2CC[C@H]1C2. The lowest BCUT2D eigenvalue weighted by Crippen LogP contribution is -2.50. The minimum atomic E-state index is 0.0135. The smallest absolute Gasteiger partial charge is 0.169 e. The van der Waals surface area contributed by atoms with Crippen molar-refractivity contribution in [3.8, 4) is 11.5 Å². The molecule has 1 heterocycles. The first kappa shape index (κ1) is 16.0. The second kappa shape index (κ2) is 6.79. The summed E-state index contributed by atoms with van der Waals surface area (Å²) in [6.07, 6.45) is 5.48. The lowest BCUT2D eigenvalue weighted by Gasteiger charge is -2.34. The molecule has 5 heteroatoms. The van der Waals surface area contributed by atoms with Crippen LogP contribution in [0.1, 0.15) is 32.6 Å². The van der Waals surface area contributed by atoms with Crippen LogP contribution in [0.4, 0.5) is 0 Å². The summed E-state index contributed by atoms with van der Waals surface area (Å²) >= 11 is 5.69. The number of nitrogens with one attached hydrogen (secondary N) is 1. The molecule has 0 aromatic heterocycles. The van der Waals surface area contributed by atoms with Crippen LogP contribution >= 0.6 is 12.2 Å². The van der Waals surface area contributed by atoms with Gasteiger partial charge in [0.15, 0.2) is 22.7 Å². The molecule has 0 saturated heterocycles. The average Bonchev–Trinajstić information content (AvgIpc) is 3.22. The van der Waals surface area contributed by atoms with Crippen molar-refractivity contribution in [1.29, 1.82) is 0 Å². The maximum absolute atomic E-state index is 6.08. The lowest BCUT2D eigenvalue weighted by molar-refractivity contribution is 0.0746. The number of nitrogens with zero attached hydrogens (tertiary/aromatic N) is 1. The van der Waals surface area contributed by atoms with E-state index in [1.807, 2.05) is 24.3 Å². The number of likely N-dealkylation sites (N-methyl/N-ethyl adjacent to an activating group) is 1. The zero-order valence-corrected chi connectivity index (χ0v) is 15.1. The maximum atomic E-state index is 6.08. The topological polar surface area (TPSA) is 33.7 Å². The fourth-order valence-electron chi connectivity index (χ4n) is 4.43. The van der Waals surface area contributed by atoms with Gasteiger partial charge in [0.25, 0.3) is 0 Å². The largest absolute Gasteiger partial charge is 0.486 e. The molecule has 2 bridgehead atoms. The second-order valence-corrected chi connectivity index (χ2v) is 7.65. The summed E-state index contributed by atoms with van der Waals surface area (Å²) in [6.45, 7) is 4.36. The summed E-state index contributed by atoms with van der Waals surface area (Å²) in [5.41, 5.74) is 0. The van der Waals surface area contributed by atoms with Crippen molar-refractivity contribution >= 4 is 17.3 Å². The molecule has 4 nitrogen and oxygen atoms in total. The number of hydrogen-bond acceptors (Lipinski definition) is 3. The van der Waals surface area contributed by atoms with Gasteiger partial charge < -0.3 is 19.7 Å². The van der Waals surface area contributed by atoms with E-state index in [2.05, 4.69) is 17.1 Å². The van der Waals surface area contributed by atoms with E-state index in [0.29, 0.717) is 12.6 Å². The minimum Gasteiger partial charge on any atom is -0.486 e. The zero-order chi connectivity index (χ0) is 16.5. The zero-order valence-electron chi connectivity index (χ0n) is 14.2. The Morgan fingerprint density at radius 3 is 2.79 bits per heavy atom. The van der Waals surface area contributed by atoms with E-state index in [1.165, 1.54) is 25.7 Å². The predicted octanol–water partition coefficient (Wildman–Crippen LogP) is 3.21. The standard InChI is InChI=1S/C19H26N2O2S/c1-2-21(19(24)20-16-10-13-7-8-14(16)9-13)11-15-12-22-17-5-3-4-6-18(17)23-15/h3-6,13-16H,2,7-12H2,1H3,(H,20,24)/t13-,14-,15+,16+/m0/s1. The van der Waals surface area contributed by atoms with Crippen molar-refractivity contribution in [2.75, 3.05) is 19.7 Å². The molecule has 2 fully saturated rings. The van der Waals surface area contributed by atoms with Gasteiger partial charge in [0.1, 0.15) is 6.61 Å². The lowest BCUT2D eigenvalue weighted by atomic mass is 9.95. The summed E-state index contributed by atoms with van der Waals surface area (Å²) in [6, 6.07) is 8.43. The molecule has 1 aromatic rings. The fraction of sp³-hybridized carbons (Fsp3) is 0.632. The Balaban J connectivity index is 1.33. The van der Waals surface area contributed by atoms with Gasteiger partial charge in [-0.3, -0.25) is 0 Å². The highest BCUT2D eigenvalue weighted by atomic mass is 32.1. The molecule has 2 saturated carbocycles. The van der Waals surface area contributed by atoms with Crippen LogP contribution in [0.15, 0.2) is 24.3 Å². The first-order chi connectivity index (χ1) is 11.7. The number of ether oxygens (including phenoxy) is 2. The molecule has 0 unspecified atom stereocenters. The van der Waals surface area contributed by atoms with Crippen molar-refractivity contribution in [3.63, 3.8) is 0 Å². The van der Waals surface area contributed by atoms with Gasteiger partial charge in [0, 0.05) is 12.6 Å². The molecule has 4 rings (SSSR count). The van der Waals surface area contributed by atoms with Crippen molar-refractivity contribution in [1.82, 2.24) is 10.2 Å². The van der Waals surface area contributed by atoms with Gasteiger partial charge in [-0.2, -0.15) is 0 Å². The Morgan fingerprint density at radius 2 is 2.08 bits per heavy atom. The van der Waals surface area contributed by atoms with E-state index in [1.54, 1.807) is 0 Å². The van der Waals surface area contributed by atoms with E-state index < -0.39 is 0 Å². The van der Waals surface area contributed by atoms with Crippen LogP contribution < -0.4 is 14.8 Å². The minimum absolute atomic E-state index is 0.0135. The van der Waals surface area contributed by atoms with E-state index in [4.69, 9.17) is 21.7 Å². The van der Waals surface area contributed by atoms with Crippen LogP contribution in [-0.2, 0) is 0 Å². The average molecular weight is 346 g/mol. The number of benzene rings is 1. The van der Waals surface area contributed by atoms with E-state index in [0.717, 1.165) is 41.5 Å². The Bertz CT molecular complexity index is 609. The molecule has 1 N–H and O–H groups in total. The predicted molar refractivity (Wildman–Crippen MR) is 98.6 cm³/mol. The van der Waals surface area contributed by atoms with Crippen molar-refractivity contribution in [2.24, 2.45) is 11.8 Å². The Kier molecular flexibility index (Phi) is 4.53. The maximum Gasteiger partial charge on any atom is 0.169 e. The summed E-state index contributed by atoms with van der Waals surface area (Å²) in [5.74, 6) is 3.42. The third-order valence-electron chi connectivity index (χ3n) is 5.71. The molecule has 1 aliphatic heterocycles. The third-order valence-corrected chi connectivity index (χ3v) is 6.08. The van der Waals surface area contributed by atoms with Gasteiger partial charge >= 0.3 is 0 Å². The summed E-state index contributed by atoms with van der Waals surface area (Å²) in [4.78, 5) is 2.21. The normalized spacial score (nSPS) is 30.2. The molecule has 130 valence electrons. The molecule has 24 heavy (non-hydrogen) atoms. The highest BCUT2D eigenvalue weighted by molar-refractivity contribution is 7.80. The molecular formula is C19H26N2O2S. The Labute approximate surface area is 149 Å². The Hall–Kier alpha value is -1.49. The van der Waals surface area contributed by atoms with Gasteiger partial charge in [-0.25, -0.2) is 0 Å². The van der Waals surface area contributed by atoms with Crippen LogP contribution in [0.3, 0.4) is 0 Å². The highest BCUT2D eigenvalue weighted by Crippen LogP contribution is 2.44. The molecule has 0 amide bonds. The third kappa shape index (κ3) is 3.18. The van der Waals surface area contributed by atoms with Crippen molar-refractivity contribution in [3.05, 3.63) is 24.3 Å². The van der Waals surface area contributed by atoms with Crippen LogP contribution in [0.5, 0.6) is 11.5 Å². The fourth-order valence-corrected chi connectivity index (χ4v) is 4.78. The van der Waals surface area contributed by atoms with Gasteiger partial charge in [-0.1, -0.05) is 18.6 Å². The molecule has 4 atom stereocenters. The summed E-state index contributed by atoms with van der Waals surface area (Å²) < 4.78 is 11.9. The molecule has 3 aliphatic rings. The van der Waals surface area contributed by atoms with Crippen molar-refractivity contribution in [2.45, 2.75) is 44.8 Å². The number of hydrogen-bond donors (Lipinski definition) is 1. The molecule has 1 aromatic carbocycles. The molecule has 2 aliphatic carbocycles. The summed E-state index contributed by atoms with van der Waals surface area (Å²) in [7, 11) is 0. The van der Waals surface area contributed by atoms with Crippen LogP contribution in [0.25, 0.3) is 0 Å². The summed E-state index contributed by atoms with van der Waals surface area (Å²) in [5, 5.41) is 4.50. The molecule has 0 spiro atoms. The first-order valence-corrected chi connectivity index (χ1v) is 9.57. The van der Waals surface area contributed by atoms with E-state index in [9.17, 15) is 0 Å². The van der Waals surface area contributed by atoms with E-state index >= 15 is 0 Å². The first-order valence-electron chi connectivity index (χ1n) is 9.17. The number of para-hydroxylation sites is 2. The number of rotatable bonds is 4. The number of fused-ring (bicyclic) bond motifs is 3. The highest BCUT2D eigenvalue weighted by Gasteiger charge is 2.40. The van der Waals surface area contributed by atoms with Gasteiger partial charge in [-0.05, 0) is 62.4 Å². The van der Waals surface area contributed by atoms with Crippen LogP contribution in [-0.4, -0.2) is 41.9 Å². The second-order valence-electron chi connectivity index (χ2n) is 7.27. The number of thiocarbonyl (C=S) groups is 1. The molecular weight excluding hydrogens is 320 g/mol. The Morgan fingerprint density at radius 1 is 1.25 bits per heavy atom. The molecule has 0 radical (unpaired) electrons. The van der Waals surface area contributed by atoms with Crippen molar-refractivity contribution < 1.29 is 9.47 Å². The van der Waals surface area contributed by atoms with Gasteiger partial charge in [0.2, 0.25) is 0 Å². The van der Waals surface area contributed by atoms with Crippen LogP contribution in [0, 0.1) is 11.8 Å². The quantitative estimate of drug-likeness (QED) is 0.847. The van der Waals surface area contributed by atoms with E-state index in [-0.39, 0.29) is 6.10 Å². The van der Waals surface area contributed by atoms with Gasteiger partial charge in [0.05, 0.1) is 6.54 Å². The van der Waals surface area contributed by atoms with Crippen LogP contribution in [0.2, 0.25) is 0 Å².